The van der Waals surface area contributed by atoms with E-state index in [-0.39, 0.29) is 35.6 Å². The van der Waals surface area contributed by atoms with Gasteiger partial charge in [-0.3, -0.25) is 13.9 Å². The molecular weight excluding hydrogens is 670 g/mol. The maximum absolute atomic E-state index is 14.5. The van der Waals surface area contributed by atoms with Crippen molar-refractivity contribution in [3.8, 4) is 11.5 Å². The Labute approximate surface area is 279 Å². The summed E-state index contributed by atoms with van der Waals surface area (Å²) >= 11 is 3.50. The Kier molecular flexibility index (Phi) is 11.8. The summed E-state index contributed by atoms with van der Waals surface area (Å²) in [5.74, 6) is -0.291. The zero-order valence-corrected chi connectivity index (χ0v) is 28.6. The van der Waals surface area contributed by atoms with Crippen LogP contribution in [0.25, 0.3) is 0 Å². The minimum Gasteiger partial charge on any atom is -0.493 e. The van der Waals surface area contributed by atoms with Gasteiger partial charge in [0.1, 0.15) is 12.6 Å². The molecule has 2 amide bonds. The molecule has 242 valence electrons. The first-order valence-corrected chi connectivity index (χ1v) is 16.9. The number of nitrogens with zero attached hydrogens (tertiary/aromatic N) is 2. The van der Waals surface area contributed by atoms with Gasteiger partial charge in [0.05, 0.1) is 24.8 Å². The third-order valence-electron chi connectivity index (χ3n) is 7.21. The minimum absolute atomic E-state index is 0.0698. The van der Waals surface area contributed by atoms with Crippen molar-refractivity contribution in [2.24, 2.45) is 0 Å². The van der Waals surface area contributed by atoms with Crippen molar-refractivity contribution >= 4 is 43.5 Å². The lowest BCUT2D eigenvalue weighted by atomic mass is 10.0. The van der Waals surface area contributed by atoms with E-state index in [2.05, 4.69) is 21.2 Å². The van der Waals surface area contributed by atoms with Crippen LogP contribution in [0.5, 0.6) is 11.5 Å². The molecule has 4 aromatic carbocycles. The molecule has 0 heterocycles. The molecule has 0 spiro atoms. The van der Waals surface area contributed by atoms with Crippen molar-refractivity contribution in [2.45, 2.75) is 43.8 Å². The van der Waals surface area contributed by atoms with Crippen LogP contribution in [-0.2, 0) is 32.6 Å². The van der Waals surface area contributed by atoms with Crippen LogP contribution in [0, 0.1) is 0 Å². The number of halogens is 1. The second-order valence-electron chi connectivity index (χ2n) is 10.9. The second kappa shape index (κ2) is 15.8. The van der Waals surface area contributed by atoms with E-state index in [9.17, 15) is 18.0 Å². The van der Waals surface area contributed by atoms with Crippen molar-refractivity contribution in [1.82, 2.24) is 10.2 Å². The molecule has 0 fully saturated rings. The summed E-state index contributed by atoms with van der Waals surface area (Å²) in [7, 11) is -1.42. The fraction of sp³-hybridized carbons (Fsp3) is 0.257. The quantitative estimate of drug-likeness (QED) is 0.177. The van der Waals surface area contributed by atoms with Gasteiger partial charge in [0.2, 0.25) is 11.8 Å². The summed E-state index contributed by atoms with van der Waals surface area (Å²) in [6.07, 6.45) is 0.229. The highest BCUT2D eigenvalue weighted by Crippen LogP contribution is 2.32. The Balaban J connectivity index is 1.81. The standard InChI is InChI=1S/C35H38BrN3O6S/c1-25(2)37-35(41)31(21-26-12-7-5-8-13-26)38(23-27-14-11-15-28(36)20-27)34(40)24-39(29-16-9-6-10-17-29)46(42,43)30-18-19-32(44-3)33(22-30)45-4/h5-20,22,25,31H,21,23-24H2,1-4H3,(H,37,41)/t31-/m0/s1. The zero-order chi connectivity index (χ0) is 33.3. The third kappa shape index (κ3) is 8.67. The van der Waals surface area contributed by atoms with Crippen LogP contribution >= 0.6 is 15.9 Å². The predicted molar refractivity (Wildman–Crippen MR) is 182 cm³/mol. The number of carbonyl (C=O) groups excluding carboxylic acids is 2. The Morgan fingerprint density at radius 2 is 1.43 bits per heavy atom. The zero-order valence-electron chi connectivity index (χ0n) is 26.2. The highest BCUT2D eigenvalue weighted by atomic mass is 79.9. The minimum atomic E-state index is -4.30. The summed E-state index contributed by atoms with van der Waals surface area (Å²) in [6.45, 7) is 3.21. The van der Waals surface area contributed by atoms with Crippen LogP contribution in [0.1, 0.15) is 25.0 Å². The van der Waals surface area contributed by atoms with Crippen LogP contribution in [0.15, 0.2) is 112 Å². The topological polar surface area (TPSA) is 105 Å². The van der Waals surface area contributed by atoms with E-state index in [0.29, 0.717) is 11.4 Å². The van der Waals surface area contributed by atoms with Gasteiger partial charge in [0, 0.05) is 29.5 Å². The maximum Gasteiger partial charge on any atom is 0.264 e. The third-order valence-corrected chi connectivity index (χ3v) is 9.47. The molecule has 0 unspecified atom stereocenters. The molecule has 0 aliphatic rings. The lowest BCUT2D eigenvalue weighted by Gasteiger charge is -2.34. The lowest BCUT2D eigenvalue weighted by molar-refractivity contribution is -0.140. The molecule has 1 atom stereocenters. The summed E-state index contributed by atoms with van der Waals surface area (Å²) in [5, 5.41) is 2.96. The predicted octanol–water partition coefficient (Wildman–Crippen LogP) is 5.83. The summed E-state index contributed by atoms with van der Waals surface area (Å²) in [5.41, 5.74) is 1.92. The second-order valence-corrected chi connectivity index (χ2v) is 13.7. The van der Waals surface area contributed by atoms with E-state index in [1.165, 1.54) is 37.3 Å². The molecule has 0 saturated heterocycles. The molecule has 4 aromatic rings. The van der Waals surface area contributed by atoms with Gasteiger partial charge < -0.3 is 19.7 Å². The number of methoxy groups -OCH3 is 2. The molecule has 11 heteroatoms. The Hall–Kier alpha value is -4.35. The van der Waals surface area contributed by atoms with Gasteiger partial charge >= 0.3 is 0 Å². The number of sulfonamides is 1. The maximum atomic E-state index is 14.5. The number of ether oxygens (including phenoxy) is 2. The molecule has 0 saturated carbocycles. The number of amides is 2. The van der Waals surface area contributed by atoms with Gasteiger partial charge in [-0.05, 0) is 61.4 Å². The first-order chi connectivity index (χ1) is 22.0. The Morgan fingerprint density at radius 1 is 0.804 bits per heavy atom. The van der Waals surface area contributed by atoms with Gasteiger partial charge in [0.15, 0.2) is 11.5 Å². The van der Waals surface area contributed by atoms with Gasteiger partial charge in [-0.15, -0.1) is 0 Å². The van der Waals surface area contributed by atoms with Crippen molar-refractivity contribution in [3.05, 3.63) is 119 Å². The molecule has 0 radical (unpaired) electrons. The number of hydrogen-bond acceptors (Lipinski definition) is 6. The smallest absolute Gasteiger partial charge is 0.264 e. The Morgan fingerprint density at radius 3 is 2.04 bits per heavy atom. The average molecular weight is 709 g/mol. The number of hydrogen-bond donors (Lipinski definition) is 1. The molecular formula is C35H38BrN3O6S. The van der Waals surface area contributed by atoms with Crippen LogP contribution in [0.4, 0.5) is 5.69 Å². The first-order valence-electron chi connectivity index (χ1n) is 14.7. The molecule has 46 heavy (non-hydrogen) atoms. The monoisotopic (exact) mass is 707 g/mol. The SMILES string of the molecule is COc1ccc(S(=O)(=O)N(CC(=O)N(Cc2cccc(Br)c2)[C@@H](Cc2ccccc2)C(=O)NC(C)C)c2ccccc2)cc1OC. The number of nitrogens with one attached hydrogen (secondary N) is 1. The van der Waals surface area contributed by atoms with Crippen molar-refractivity contribution in [1.29, 1.82) is 0 Å². The van der Waals surface area contributed by atoms with Crippen LogP contribution < -0.4 is 19.1 Å². The molecule has 0 aliphatic heterocycles. The molecule has 0 aromatic heterocycles. The number of carbonyl (C=O) groups is 2. The normalized spacial score (nSPS) is 11.9. The summed E-state index contributed by atoms with van der Waals surface area (Å²) in [4.78, 5) is 29.7. The van der Waals surface area contributed by atoms with Crippen molar-refractivity contribution in [3.63, 3.8) is 0 Å². The van der Waals surface area contributed by atoms with Crippen molar-refractivity contribution in [2.75, 3.05) is 25.1 Å². The molecule has 9 nitrogen and oxygen atoms in total. The van der Waals surface area contributed by atoms with E-state index in [1.807, 2.05) is 68.4 Å². The van der Waals surface area contributed by atoms with Crippen LogP contribution in [0.2, 0.25) is 0 Å². The number of rotatable bonds is 14. The van der Waals surface area contributed by atoms with Gasteiger partial charge in [-0.1, -0.05) is 76.6 Å². The summed E-state index contributed by atoms with van der Waals surface area (Å²) < 4.78 is 41.1. The van der Waals surface area contributed by atoms with Gasteiger partial charge in [-0.2, -0.15) is 0 Å². The van der Waals surface area contributed by atoms with E-state index < -0.39 is 28.5 Å². The fourth-order valence-corrected chi connectivity index (χ4v) is 6.87. The molecule has 0 bridgehead atoms. The molecule has 1 N–H and O–H groups in total. The highest BCUT2D eigenvalue weighted by molar-refractivity contribution is 9.10. The van der Waals surface area contributed by atoms with Crippen LogP contribution in [-0.4, -0.2) is 58.0 Å². The number of para-hydroxylation sites is 1. The van der Waals surface area contributed by atoms with E-state index in [0.717, 1.165) is 19.9 Å². The number of benzene rings is 4. The lowest BCUT2D eigenvalue weighted by Crippen LogP contribution is -2.54. The average Bonchev–Trinajstić information content (AvgIpc) is 3.05. The molecule has 4 rings (SSSR count). The fourth-order valence-electron chi connectivity index (χ4n) is 4.99. The first kappa shape index (κ1) is 34.5. The van der Waals surface area contributed by atoms with E-state index in [4.69, 9.17) is 9.47 Å². The van der Waals surface area contributed by atoms with E-state index >= 15 is 0 Å². The van der Waals surface area contributed by atoms with Gasteiger partial charge in [0.25, 0.3) is 10.0 Å². The molecule has 0 aliphatic carbocycles. The van der Waals surface area contributed by atoms with Crippen molar-refractivity contribution < 1.29 is 27.5 Å². The summed E-state index contributed by atoms with van der Waals surface area (Å²) in [6, 6.07) is 28.4. The van der Waals surface area contributed by atoms with Gasteiger partial charge in [-0.25, -0.2) is 8.42 Å². The largest absolute Gasteiger partial charge is 0.493 e. The highest BCUT2D eigenvalue weighted by Gasteiger charge is 2.35. The Bertz CT molecular complexity index is 1740. The van der Waals surface area contributed by atoms with Crippen LogP contribution in [0.3, 0.4) is 0 Å². The number of anilines is 1. The van der Waals surface area contributed by atoms with E-state index in [1.54, 1.807) is 30.3 Å².